The van der Waals surface area contributed by atoms with Gasteiger partial charge in [0.2, 0.25) is 0 Å². The number of aryl methyl sites for hydroxylation is 1. The summed E-state index contributed by atoms with van der Waals surface area (Å²) in [6.45, 7) is 12.3. The molecule has 4 N–H and O–H groups in total. The van der Waals surface area contributed by atoms with Crippen molar-refractivity contribution in [2.24, 2.45) is 0 Å². The highest BCUT2D eigenvalue weighted by atomic mass is 16.4. The number of rotatable bonds is 5. The maximum atomic E-state index is 11.4. The lowest BCUT2D eigenvalue weighted by Crippen LogP contribution is -2.47. The molecule has 0 atom stereocenters. The second-order valence-corrected chi connectivity index (χ2v) is 7.45. The van der Waals surface area contributed by atoms with E-state index < -0.39 is 11.6 Å². The van der Waals surface area contributed by atoms with Crippen molar-refractivity contribution in [2.75, 3.05) is 17.6 Å². The van der Waals surface area contributed by atoms with Crippen LogP contribution in [0.25, 0.3) is 0 Å². The number of nitrogen functional groups attached to an aromatic ring is 1. The number of carboxylic acid groups (broad SMARTS) is 1. The molecule has 0 unspecified atom stereocenters. The van der Waals surface area contributed by atoms with Gasteiger partial charge in [0.05, 0.1) is 11.4 Å². The van der Waals surface area contributed by atoms with Gasteiger partial charge in [0.25, 0.3) is 0 Å². The molecule has 5 heteroatoms. The summed E-state index contributed by atoms with van der Waals surface area (Å²) in [5.41, 5.74) is 8.05. The summed E-state index contributed by atoms with van der Waals surface area (Å²) >= 11 is 0. The number of anilines is 2. The minimum Gasteiger partial charge on any atom is -0.465 e. The average molecular weight is 307 g/mol. The van der Waals surface area contributed by atoms with Crippen LogP contribution in [0.15, 0.2) is 18.2 Å². The first-order valence-electron chi connectivity index (χ1n) is 7.57. The predicted molar refractivity (Wildman–Crippen MR) is 92.4 cm³/mol. The first kappa shape index (κ1) is 18.1. The van der Waals surface area contributed by atoms with Crippen molar-refractivity contribution in [2.45, 2.75) is 59.0 Å². The van der Waals surface area contributed by atoms with Gasteiger partial charge in [-0.3, -0.25) is 0 Å². The molecule has 0 spiro atoms. The smallest absolute Gasteiger partial charge is 0.407 e. The van der Waals surface area contributed by atoms with Gasteiger partial charge in [0.15, 0.2) is 0 Å². The summed E-state index contributed by atoms with van der Waals surface area (Å²) in [6.07, 6.45) is -0.206. The Labute approximate surface area is 133 Å². The first-order chi connectivity index (χ1) is 9.92. The molecule has 0 aliphatic rings. The van der Waals surface area contributed by atoms with Gasteiger partial charge in [-0.05, 0) is 65.7 Å². The van der Waals surface area contributed by atoms with Gasteiger partial charge in [-0.1, -0.05) is 6.07 Å². The average Bonchev–Trinajstić information content (AvgIpc) is 2.31. The number of nitrogens with one attached hydrogen (secondary N) is 1. The van der Waals surface area contributed by atoms with Crippen molar-refractivity contribution < 1.29 is 9.90 Å². The topological polar surface area (TPSA) is 78.6 Å². The van der Waals surface area contributed by atoms with Crippen LogP contribution in [0.5, 0.6) is 0 Å². The Morgan fingerprint density at radius 2 is 1.86 bits per heavy atom. The quantitative estimate of drug-likeness (QED) is 0.720. The number of hydrogen-bond donors (Lipinski definition) is 3. The summed E-state index contributed by atoms with van der Waals surface area (Å²) < 4.78 is 0. The molecule has 0 aliphatic heterocycles. The maximum absolute atomic E-state index is 11.4. The van der Waals surface area contributed by atoms with E-state index in [0.29, 0.717) is 18.7 Å². The molecule has 1 aromatic rings. The minimum atomic E-state index is -0.890. The van der Waals surface area contributed by atoms with Crippen LogP contribution in [-0.4, -0.2) is 33.7 Å². The Kier molecular flexibility index (Phi) is 5.33. The van der Waals surface area contributed by atoms with Crippen LogP contribution in [0.2, 0.25) is 0 Å². The molecule has 0 fully saturated rings. The SMILES string of the molecule is Cc1ccc(N)c(NC(C)(C)CCN(C(=O)O)C(C)(C)C)c1. The normalized spacial score (nSPS) is 12.1. The van der Waals surface area contributed by atoms with Crippen LogP contribution in [0.3, 0.4) is 0 Å². The van der Waals surface area contributed by atoms with Crippen LogP contribution in [-0.2, 0) is 0 Å². The van der Waals surface area contributed by atoms with Gasteiger partial charge in [0.1, 0.15) is 0 Å². The number of benzene rings is 1. The third-order valence-electron chi connectivity index (χ3n) is 3.68. The molecule has 0 radical (unpaired) electrons. The Morgan fingerprint density at radius 1 is 1.27 bits per heavy atom. The molecule has 1 amide bonds. The van der Waals surface area contributed by atoms with E-state index in [2.05, 4.69) is 19.2 Å². The summed E-state index contributed by atoms with van der Waals surface area (Å²) in [5.74, 6) is 0. The van der Waals surface area contributed by atoms with Gasteiger partial charge in [-0.15, -0.1) is 0 Å². The number of carbonyl (C=O) groups is 1. The summed E-state index contributed by atoms with van der Waals surface area (Å²) in [5, 5.41) is 12.8. The van der Waals surface area contributed by atoms with E-state index in [0.717, 1.165) is 11.3 Å². The lowest BCUT2D eigenvalue weighted by molar-refractivity contribution is 0.0966. The molecule has 5 nitrogen and oxygen atoms in total. The van der Waals surface area contributed by atoms with Gasteiger partial charge in [0, 0.05) is 17.6 Å². The fraction of sp³-hybridized carbons (Fsp3) is 0.588. The third-order valence-corrected chi connectivity index (χ3v) is 3.68. The Morgan fingerprint density at radius 3 is 2.36 bits per heavy atom. The standard InChI is InChI=1S/C17H29N3O2/c1-12-7-8-13(18)14(11-12)19-17(5,6)9-10-20(15(21)22)16(2,3)4/h7-8,11,19H,9-10,18H2,1-6H3,(H,21,22). The fourth-order valence-electron chi connectivity index (χ4n) is 2.31. The van der Waals surface area contributed by atoms with Gasteiger partial charge in [-0.2, -0.15) is 0 Å². The van der Waals surface area contributed by atoms with Crippen molar-refractivity contribution in [3.63, 3.8) is 0 Å². The van der Waals surface area contributed by atoms with E-state index in [-0.39, 0.29) is 5.54 Å². The third kappa shape index (κ3) is 5.13. The summed E-state index contributed by atoms with van der Waals surface area (Å²) in [4.78, 5) is 12.9. The molecule has 0 saturated heterocycles. The Balaban J connectivity index is 2.78. The van der Waals surface area contributed by atoms with E-state index in [1.54, 1.807) is 0 Å². The van der Waals surface area contributed by atoms with E-state index >= 15 is 0 Å². The predicted octanol–water partition coefficient (Wildman–Crippen LogP) is 3.94. The molecule has 0 aliphatic carbocycles. The molecule has 0 saturated carbocycles. The van der Waals surface area contributed by atoms with Gasteiger partial charge >= 0.3 is 6.09 Å². The van der Waals surface area contributed by atoms with E-state index in [9.17, 15) is 9.90 Å². The lowest BCUT2D eigenvalue weighted by atomic mass is 9.97. The zero-order valence-corrected chi connectivity index (χ0v) is 14.5. The highest BCUT2D eigenvalue weighted by Crippen LogP contribution is 2.26. The minimum absolute atomic E-state index is 0.263. The van der Waals surface area contributed by atoms with Gasteiger partial charge < -0.3 is 21.1 Å². The van der Waals surface area contributed by atoms with Crippen LogP contribution in [0, 0.1) is 6.92 Å². The fourth-order valence-corrected chi connectivity index (χ4v) is 2.31. The second kappa shape index (κ2) is 6.46. The highest BCUT2D eigenvalue weighted by molar-refractivity contribution is 5.68. The first-order valence-corrected chi connectivity index (χ1v) is 7.57. The molecule has 1 rings (SSSR count). The van der Waals surface area contributed by atoms with E-state index in [4.69, 9.17) is 5.73 Å². The lowest BCUT2D eigenvalue weighted by Gasteiger charge is -2.36. The molecule has 1 aromatic carbocycles. The summed E-state index contributed by atoms with van der Waals surface area (Å²) in [6, 6.07) is 5.86. The molecular formula is C17H29N3O2. The van der Waals surface area contributed by atoms with Gasteiger partial charge in [-0.25, -0.2) is 4.79 Å². The van der Waals surface area contributed by atoms with Crippen LogP contribution >= 0.6 is 0 Å². The monoisotopic (exact) mass is 307 g/mol. The van der Waals surface area contributed by atoms with Crippen molar-refractivity contribution in [3.8, 4) is 0 Å². The second-order valence-electron chi connectivity index (χ2n) is 7.45. The van der Waals surface area contributed by atoms with Crippen LogP contribution in [0.4, 0.5) is 16.2 Å². The zero-order valence-electron chi connectivity index (χ0n) is 14.5. The van der Waals surface area contributed by atoms with E-state index in [1.807, 2.05) is 45.9 Å². The van der Waals surface area contributed by atoms with E-state index in [1.165, 1.54) is 4.90 Å². The Bertz CT molecular complexity index is 533. The Hall–Kier alpha value is -1.91. The number of hydrogen-bond acceptors (Lipinski definition) is 3. The van der Waals surface area contributed by atoms with Crippen molar-refractivity contribution in [3.05, 3.63) is 23.8 Å². The number of nitrogens with zero attached hydrogens (tertiary/aromatic N) is 1. The molecular weight excluding hydrogens is 278 g/mol. The number of amides is 1. The van der Waals surface area contributed by atoms with Crippen LogP contribution in [0.1, 0.15) is 46.6 Å². The number of nitrogens with two attached hydrogens (primary N) is 1. The largest absolute Gasteiger partial charge is 0.465 e. The van der Waals surface area contributed by atoms with Crippen LogP contribution < -0.4 is 11.1 Å². The van der Waals surface area contributed by atoms with Crippen molar-refractivity contribution in [1.29, 1.82) is 0 Å². The van der Waals surface area contributed by atoms with Crippen molar-refractivity contribution in [1.82, 2.24) is 4.90 Å². The van der Waals surface area contributed by atoms with Crippen molar-refractivity contribution >= 4 is 17.5 Å². The molecule has 124 valence electrons. The molecule has 0 bridgehead atoms. The zero-order chi connectivity index (χ0) is 17.1. The summed E-state index contributed by atoms with van der Waals surface area (Å²) in [7, 11) is 0. The molecule has 0 aromatic heterocycles. The highest BCUT2D eigenvalue weighted by Gasteiger charge is 2.28. The molecule has 0 heterocycles. The molecule has 22 heavy (non-hydrogen) atoms. The maximum Gasteiger partial charge on any atom is 0.407 e.